The predicted octanol–water partition coefficient (Wildman–Crippen LogP) is 0.728. The first kappa shape index (κ1) is 9.67. The molecule has 1 aromatic heterocycles. The lowest BCUT2D eigenvalue weighted by Gasteiger charge is -2.05. The zero-order valence-corrected chi connectivity index (χ0v) is 7.40. The number of pyridine rings is 1. The maximum atomic E-state index is 10.5. The second-order valence-corrected chi connectivity index (χ2v) is 2.75. The molecule has 0 aliphatic rings. The topological polar surface area (TPSA) is 76.2 Å². The number of aryl methyl sites for hydroxylation is 1. The van der Waals surface area contributed by atoms with Gasteiger partial charge in [0.2, 0.25) is 0 Å². The zero-order valence-electron chi connectivity index (χ0n) is 7.40. The third-order valence-electron chi connectivity index (χ3n) is 1.84. The average Bonchev–Trinajstić information content (AvgIpc) is 2.17. The number of aliphatic carboxylic acids is 1. The fourth-order valence-electron chi connectivity index (χ4n) is 0.972. The lowest BCUT2D eigenvalue weighted by Crippen LogP contribution is -2.20. The highest BCUT2D eigenvalue weighted by atomic mass is 16.4. The summed E-state index contributed by atoms with van der Waals surface area (Å²) in [5.74, 6) is -1.04. The lowest BCUT2D eigenvalue weighted by molar-refractivity contribution is -0.138. The minimum Gasteiger partial charge on any atom is -0.480 e. The van der Waals surface area contributed by atoms with Crippen molar-refractivity contribution in [2.45, 2.75) is 19.4 Å². The van der Waals surface area contributed by atoms with Crippen molar-refractivity contribution in [3.8, 4) is 0 Å². The van der Waals surface area contributed by atoms with E-state index in [2.05, 4.69) is 4.98 Å². The second-order valence-electron chi connectivity index (χ2n) is 2.75. The van der Waals surface area contributed by atoms with Crippen LogP contribution in [0.2, 0.25) is 0 Å². The maximum absolute atomic E-state index is 10.5. The summed E-state index contributed by atoms with van der Waals surface area (Å²) >= 11 is 0. The first-order chi connectivity index (χ1) is 6.15. The molecule has 1 unspecified atom stereocenters. The molecule has 0 radical (unpaired) electrons. The molecule has 4 nitrogen and oxygen atoms in total. The Labute approximate surface area is 76.4 Å². The van der Waals surface area contributed by atoms with Gasteiger partial charge in [0.1, 0.15) is 6.04 Å². The van der Waals surface area contributed by atoms with E-state index in [-0.39, 0.29) is 0 Å². The van der Waals surface area contributed by atoms with Crippen molar-refractivity contribution in [2.75, 3.05) is 0 Å². The molecule has 1 atom stereocenters. The van der Waals surface area contributed by atoms with E-state index in [1.54, 1.807) is 12.1 Å². The summed E-state index contributed by atoms with van der Waals surface area (Å²) in [6.45, 7) is 1.99. The van der Waals surface area contributed by atoms with Crippen molar-refractivity contribution in [3.05, 3.63) is 29.6 Å². The highest BCUT2D eigenvalue weighted by molar-refractivity contribution is 5.74. The van der Waals surface area contributed by atoms with Crippen molar-refractivity contribution < 1.29 is 9.90 Å². The van der Waals surface area contributed by atoms with E-state index in [9.17, 15) is 4.79 Å². The van der Waals surface area contributed by atoms with Gasteiger partial charge in [-0.25, -0.2) is 0 Å². The van der Waals surface area contributed by atoms with Gasteiger partial charge in [-0.05, 0) is 18.1 Å². The molecular formula is C9H12N2O2. The summed E-state index contributed by atoms with van der Waals surface area (Å²) < 4.78 is 0. The van der Waals surface area contributed by atoms with E-state index in [0.29, 0.717) is 5.56 Å². The van der Waals surface area contributed by atoms with Crippen LogP contribution in [0, 0.1) is 0 Å². The van der Waals surface area contributed by atoms with Gasteiger partial charge >= 0.3 is 5.97 Å². The van der Waals surface area contributed by atoms with Gasteiger partial charge in [-0.2, -0.15) is 0 Å². The summed E-state index contributed by atoms with van der Waals surface area (Å²) in [5, 5.41) is 8.61. The molecule has 0 aliphatic heterocycles. The Morgan fingerprint density at radius 1 is 1.69 bits per heavy atom. The van der Waals surface area contributed by atoms with Crippen LogP contribution in [0.5, 0.6) is 0 Å². The molecule has 0 bridgehead atoms. The third kappa shape index (κ3) is 2.26. The van der Waals surface area contributed by atoms with Gasteiger partial charge in [0.05, 0.1) is 0 Å². The minimum absolute atomic E-state index is 0.532. The number of carbonyl (C=O) groups is 1. The highest BCUT2D eigenvalue weighted by Gasteiger charge is 2.13. The normalized spacial score (nSPS) is 12.5. The standard InChI is InChI=1S/C9H12N2O2/c1-2-7-4-3-6(5-11-7)8(10)9(12)13/h3-5,8H,2,10H2,1H3,(H,12,13). The quantitative estimate of drug-likeness (QED) is 0.718. The molecule has 0 spiro atoms. The summed E-state index contributed by atoms with van der Waals surface area (Å²) in [4.78, 5) is 14.6. The third-order valence-corrected chi connectivity index (χ3v) is 1.84. The van der Waals surface area contributed by atoms with E-state index in [0.717, 1.165) is 12.1 Å². The predicted molar refractivity (Wildman–Crippen MR) is 48.2 cm³/mol. The van der Waals surface area contributed by atoms with Gasteiger partial charge in [-0.15, -0.1) is 0 Å². The second kappa shape index (κ2) is 4.00. The molecule has 0 aliphatic carbocycles. The summed E-state index contributed by atoms with van der Waals surface area (Å²) in [5.41, 5.74) is 6.85. The SMILES string of the molecule is CCc1ccc(C(N)C(=O)O)cn1. The summed E-state index contributed by atoms with van der Waals surface area (Å²) in [6, 6.07) is 2.52. The minimum atomic E-state index is -1.04. The molecule has 3 N–H and O–H groups in total. The van der Waals surface area contributed by atoms with Crippen molar-refractivity contribution in [2.24, 2.45) is 5.73 Å². The van der Waals surface area contributed by atoms with Gasteiger partial charge in [0.25, 0.3) is 0 Å². The van der Waals surface area contributed by atoms with Gasteiger partial charge in [0, 0.05) is 11.9 Å². The maximum Gasteiger partial charge on any atom is 0.325 e. The number of aromatic nitrogens is 1. The Morgan fingerprint density at radius 3 is 2.77 bits per heavy atom. The van der Waals surface area contributed by atoms with Gasteiger partial charge in [-0.1, -0.05) is 13.0 Å². The fourth-order valence-corrected chi connectivity index (χ4v) is 0.972. The highest BCUT2D eigenvalue weighted by Crippen LogP contribution is 2.09. The first-order valence-electron chi connectivity index (χ1n) is 4.08. The van der Waals surface area contributed by atoms with Crippen LogP contribution in [-0.2, 0) is 11.2 Å². The molecule has 1 rings (SSSR count). The van der Waals surface area contributed by atoms with Crippen molar-refractivity contribution >= 4 is 5.97 Å². The number of carboxylic acid groups (broad SMARTS) is 1. The largest absolute Gasteiger partial charge is 0.480 e. The molecule has 13 heavy (non-hydrogen) atoms. The number of carboxylic acids is 1. The molecule has 0 saturated heterocycles. The molecule has 1 aromatic rings. The average molecular weight is 180 g/mol. The molecule has 0 aromatic carbocycles. The van der Waals surface area contributed by atoms with Crippen LogP contribution in [0.1, 0.15) is 24.2 Å². The number of rotatable bonds is 3. The summed E-state index contributed by atoms with van der Waals surface area (Å²) in [7, 11) is 0. The van der Waals surface area contributed by atoms with E-state index >= 15 is 0 Å². The van der Waals surface area contributed by atoms with Crippen molar-refractivity contribution in [3.63, 3.8) is 0 Å². The molecule has 0 saturated carbocycles. The molecule has 70 valence electrons. The van der Waals surface area contributed by atoms with Crippen LogP contribution in [0.25, 0.3) is 0 Å². The van der Waals surface area contributed by atoms with Crippen LogP contribution >= 0.6 is 0 Å². The molecule has 0 amide bonds. The monoisotopic (exact) mass is 180 g/mol. The van der Waals surface area contributed by atoms with E-state index in [4.69, 9.17) is 10.8 Å². The Morgan fingerprint density at radius 2 is 2.38 bits per heavy atom. The van der Waals surface area contributed by atoms with E-state index in [1.807, 2.05) is 6.92 Å². The lowest BCUT2D eigenvalue weighted by atomic mass is 10.1. The van der Waals surface area contributed by atoms with E-state index in [1.165, 1.54) is 6.20 Å². The van der Waals surface area contributed by atoms with Crippen LogP contribution in [-0.4, -0.2) is 16.1 Å². The van der Waals surface area contributed by atoms with Gasteiger partial charge in [0.15, 0.2) is 0 Å². The van der Waals surface area contributed by atoms with E-state index < -0.39 is 12.0 Å². The molecular weight excluding hydrogens is 168 g/mol. The zero-order chi connectivity index (χ0) is 9.84. The Hall–Kier alpha value is -1.42. The number of nitrogens with zero attached hydrogens (tertiary/aromatic N) is 1. The van der Waals surface area contributed by atoms with Crippen molar-refractivity contribution in [1.29, 1.82) is 0 Å². The van der Waals surface area contributed by atoms with Crippen LogP contribution in [0.3, 0.4) is 0 Å². The Bertz CT molecular complexity index is 295. The molecule has 0 fully saturated rings. The van der Waals surface area contributed by atoms with Gasteiger partial charge < -0.3 is 10.8 Å². The van der Waals surface area contributed by atoms with Gasteiger partial charge in [-0.3, -0.25) is 9.78 Å². The first-order valence-corrected chi connectivity index (χ1v) is 4.08. The van der Waals surface area contributed by atoms with Crippen LogP contribution in [0.15, 0.2) is 18.3 Å². The summed E-state index contributed by atoms with van der Waals surface area (Å²) in [6.07, 6.45) is 2.35. The Balaban J connectivity index is 2.85. The smallest absolute Gasteiger partial charge is 0.325 e. The fraction of sp³-hybridized carbons (Fsp3) is 0.333. The molecule has 1 heterocycles. The van der Waals surface area contributed by atoms with Crippen LogP contribution < -0.4 is 5.73 Å². The molecule has 4 heteroatoms. The van der Waals surface area contributed by atoms with Crippen LogP contribution in [0.4, 0.5) is 0 Å². The number of nitrogens with two attached hydrogens (primary N) is 1. The van der Waals surface area contributed by atoms with Crippen molar-refractivity contribution in [1.82, 2.24) is 4.98 Å². The number of hydrogen-bond acceptors (Lipinski definition) is 3. The Kier molecular flexibility index (Phi) is 2.97. The number of hydrogen-bond donors (Lipinski definition) is 2.